The molecule has 0 aromatic heterocycles. The number of aryl methyl sites for hydroxylation is 2. The van der Waals surface area contributed by atoms with Crippen molar-refractivity contribution < 1.29 is 19.1 Å². The molecule has 1 aromatic carbocycles. The highest BCUT2D eigenvalue weighted by Crippen LogP contribution is 2.33. The Labute approximate surface area is 196 Å². The minimum atomic E-state index is -0.577. The van der Waals surface area contributed by atoms with Crippen LogP contribution in [0, 0.1) is 19.8 Å². The normalized spacial score (nSPS) is 19.7. The van der Waals surface area contributed by atoms with Gasteiger partial charge in [-0.25, -0.2) is 9.59 Å². The van der Waals surface area contributed by atoms with Crippen LogP contribution in [0.2, 0.25) is 0 Å². The summed E-state index contributed by atoms with van der Waals surface area (Å²) in [6.45, 7) is 12.9. The highest BCUT2D eigenvalue weighted by molar-refractivity contribution is 5.95. The van der Waals surface area contributed by atoms with Crippen LogP contribution < -0.4 is 5.32 Å². The molecule has 1 atom stereocenters. The number of nitrogens with zero attached hydrogens (tertiary/aromatic N) is 3. The number of rotatable bonds is 6. The first-order chi connectivity index (χ1) is 15.6. The summed E-state index contributed by atoms with van der Waals surface area (Å²) in [6, 6.07) is 5.20. The number of nitrogens with one attached hydrogen (secondary N) is 1. The molecule has 0 unspecified atom stereocenters. The van der Waals surface area contributed by atoms with Gasteiger partial charge in [0.2, 0.25) is 5.91 Å². The topological polar surface area (TPSA) is 82.2 Å². The van der Waals surface area contributed by atoms with Gasteiger partial charge in [0.15, 0.2) is 0 Å². The van der Waals surface area contributed by atoms with Gasteiger partial charge in [-0.2, -0.15) is 0 Å². The third-order valence-corrected chi connectivity index (χ3v) is 6.37. The number of benzene rings is 1. The lowest BCUT2D eigenvalue weighted by atomic mass is 9.90. The predicted molar refractivity (Wildman–Crippen MR) is 126 cm³/mol. The molecular formula is C25H36N4O4. The first kappa shape index (κ1) is 24.8. The third-order valence-electron chi connectivity index (χ3n) is 6.37. The Balaban J connectivity index is 1.95. The molecule has 3 rings (SSSR count). The number of urea groups is 1. The summed E-state index contributed by atoms with van der Waals surface area (Å²) in [5.74, 6) is -0.287. The Morgan fingerprint density at radius 1 is 1.15 bits per heavy atom. The van der Waals surface area contributed by atoms with E-state index in [4.69, 9.17) is 4.74 Å². The second kappa shape index (κ2) is 10.4. The fourth-order valence-corrected chi connectivity index (χ4v) is 4.41. The molecule has 2 aliphatic rings. The summed E-state index contributed by atoms with van der Waals surface area (Å²) in [5.41, 5.74) is 4.06. The lowest BCUT2D eigenvalue weighted by molar-refractivity contribution is -0.139. The van der Waals surface area contributed by atoms with E-state index in [0.29, 0.717) is 44.0 Å². The van der Waals surface area contributed by atoms with Gasteiger partial charge in [0.05, 0.1) is 18.2 Å². The standard InChI is InChI=1S/C25H36N4O4/c1-7-33-24(31)21-20(15-28-10-12-29(13-11-28)23(30)16(2)3)27(6)25(32)26-22(21)19-14-17(4)8-9-18(19)5/h8-9,14,16,22H,7,10-13,15H2,1-6H3,(H,26,32)/t22-/m0/s1. The molecule has 1 N–H and O–H groups in total. The van der Waals surface area contributed by atoms with Crippen molar-refractivity contribution in [1.82, 2.24) is 20.0 Å². The molecule has 1 fully saturated rings. The summed E-state index contributed by atoms with van der Waals surface area (Å²) in [6.07, 6.45) is 0. The van der Waals surface area contributed by atoms with Gasteiger partial charge in [-0.15, -0.1) is 0 Å². The molecule has 2 aliphatic heterocycles. The van der Waals surface area contributed by atoms with E-state index in [0.717, 1.165) is 16.7 Å². The summed E-state index contributed by atoms with van der Waals surface area (Å²) < 4.78 is 5.43. The summed E-state index contributed by atoms with van der Waals surface area (Å²) in [5, 5.41) is 3.00. The Kier molecular flexibility index (Phi) is 7.79. The van der Waals surface area contributed by atoms with E-state index < -0.39 is 12.0 Å². The Hall–Kier alpha value is -2.87. The molecule has 8 nitrogen and oxygen atoms in total. The van der Waals surface area contributed by atoms with Gasteiger partial charge in [-0.05, 0) is 31.9 Å². The zero-order valence-corrected chi connectivity index (χ0v) is 20.6. The molecule has 8 heteroatoms. The first-order valence-corrected chi connectivity index (χ1v) is 11.7. The minimum absolute atomic E-state index is 0.0267. The van der Waals surface area contributed by atoms with Crippen LogP contribution in [0.5, 0.6) is 0 Å². The molecule has 0 saturated carbocycles. The summed E-state index contributed by atoms with van der Waals surface area (Å²) in [4.78, 5) is 44.0. The highest BCUT2D eigenvalue weighted by atomic mass is 16.5. The van der Waals surface area contributed by atoms with Gasteiger partial charge in [0.25, 0.3) is 0 Å². The molecule has 180 valence electrons. The second-order valence-electron chi connectivity index (χ2n) is 9.14. The Bertz CT molecular complexity index is 948. The molecule has 0 aliphatic carbocycles. The van der Waals surface area contributed by atoms with Crippen LogP contribution in [0.25, 0.3) is 0 Å². The van der Waals surface area contributed by atoms with Crippen LogP contribution in [0.1, 0.15) is 43.5 Å². The summed E-state index contributed by atoms with van der Waals surface area (Å²) >= 11 is 0. The quantitative estimate of drug-likeness (QED) is 0.666. The van der Waals surface area contributed by atoms with Gasteiger partial charge in [-0.1, -0.05) is 37.6 Å². The van der Waals surface area contributed by atoms with Crippen molar-refractivity contribution in [3.63, 3.8) is 0 Å². The maximum Gasteiger partial charge on any atom is 0.338 e. The lowest BCUT2D eigenvalue weighted by Crippen LogP contribution is -2.53. The molecule has 0 bridgehead atoms. The van der Waals surface area contributed by atoms with E-state index >= 15 is 0 Å². The molecule has 2 heterocycles. The zero-order valence-electron chi connectivity index (χ0n) is 20.6. The van der Waals surface area contributed by atoms with Crippen LogP contribution in [0.4, 0.5) is 4.79 Å². The van der Waals surface area contributed by atoms with Gasteiger partial charge in [-0.3, -0.25) is 14.6 Å². The number of carbonyl (C=O) groups is 3. The van der Waals surface area contributed by atoms with Crippen molar-refractivity contribution in [2.75, 3.05) is 46.4 Å². The van der Waals surface area contributed by atoms with Gasteiger partial charge >= 0.3 is 12.0 Å². The van der Waals surface area contributed by atoms with Crippen LogP contribution in [-0.2, 0) is 14.3 Å². The average Bonchev–Trinajstić information content (AvgIpc) is 2.78. The third kappa shape index (κ3) is 5.38. The van der Waals surface area contributed by atoms with Gasteiger partial charge < -0.3 is 15.0 Å². The zero-order chi connectivity index (χ0) is 24.3. The SMILES string of the molecule is CCOC(=O)C1=C(CN2CCN(C(=O)C(C)C)CC2)N(C)C(=O)N[C@H]1c1cc(C)ccc1C. The van der Waals surface area contributed by atoms with E-state index in [1.807, 2.05) is 50.8 Å². The fourth-order valence-electron chi connectivity index (χ4n) is 4.41. The number of ether oxygens (including phenoxy) is 1. The number of likely N-dealkylation sites (N-methyl/N-ethyl adjacent to an activating group) is 1. The molecule has 0 radical (unpaired) electrons. The van der Waals surface area contributed by atoms with Crippen molar-refractivity contribution in [2.24, 2.45) is 5.92 Å². The number of piperazine rings is 1. The Morgan fingerprint density at radius 2 is 1.82 bits per heavy atom. The van der Waals surface area contributed by atoms with Crippen molar-refractivity contribution in [3.8, 4) is 0 Å². The minimum Gasteiger partial charge on any atom is -0.463 e. The first-order valence-electron chi connectivity index (χ1n) is 11.7. The lowest BCUT2D eigenvalue weighted by Gasteiger charge is -2.40. The van der Waals surface area contributed by atoms with E-state index in [2.05, 4.69) is 10.2 Å². The van der Waals surface area contributed by atoms with Crippen LogP contribution in [0.3, 0.4) is 0 Å². The van der Waals surface area contributed by atoms with Crippen LogP contribution >= 0.6 is 0 Å². The number of hydrogen-bond acceptors (Lipinski definition) is 5. The van der Waals surface area contributed by atoms with Gasteiger partial charge in [0, 0.05) is 51.4 Å². The largest absolute Gasteiger partial charge is 0.463 e. The smallest absolute Gasteiger partial charge is 0.338 e. The number of carbonyl (C=O) groups excluding carboxylic acids is 3. The van der Waals surface area contributed by atoms with Crippen LogP contribution in [0.15, 0.2) is 29.5 Å². The van der Waals surface area contributed by atoms with Gasteiger partial charge in [0.1, 0.15) is 0 Å². The van der Waals surface area contributed by atoms with Crippen molar-refractivity contribution >= 4 is 17.9 Å². The molecule has 3 amide bonds. The van der Waals surface area contributed by atoms with Crippen molar-refractivity contribution in [2.45, 2.75) is 40.7 Å². The second-order valence-corrected chi connectivity index (χ2v) is 9.14. The van der Waals surface area contributed by atoms with E-state index in [1.54, 1.807) is 14.0 Å². The maximum absolute atomic E-state index is 13.2. The molecule has 0 spiro atoms. The average molecular weight is 457 g/mol. The maximum atomic E-state index is 13.2. The number of amides is 3. The van der Waals surface area contributed by atoms with E-state index in [1.165, 1.54) is 4.90 Å². The van der Waals surface area contributed by atoms with Crippen LogP contribution in [-0.4, -0.2) is 79.0 Å². The number of hydrogen-bond donors (Lipinski definition) is 1. The Morgan fingerprint density at radius 3 is 2.42 bits per heavy atom. The predicted octanol–water partition coefficient (Wildman–Crippen LogP) is 2.62. The van der Waals surface area contributed by atoms with E-state index in [-0.39, 0.29) is 24.5 Å². The van der Waals surface area contributed by atoms with E-state index in [9.17, 15) is 14.4 Å². The monoisotopic (exact) mass is 456 g/mol. The molecule has 1 saturated heterocycles. The van der Waals surface area contributed by atoms with Crippen molar-refractivity contribution in [3.05, 3.63) is 46.2 Å². The number of esters is 1. The molecular weight excluding hydrogens is 420 g/mol. The van der Waals surface area contributed by atoms with Crippen molar-refractivity contribution in [1.29, 1.82) is 0 Å². The highest BCUT2D eigenvalue weighted by Gasteiger charge is 2.38. The molecule has 1 aromatic rings. The fraction of sp³-hybridized carbons (Fsp3) is 0.560. The molecule has 33 heavy (non-hydrogen) atoms. The summed E-state index contributed by atoms with van der Waals surface area (Å²) in [7, 11) is 1.68.